The van der Waals surface area contributed by atoms with Gasteiger partial charge in [0, 0.05) is 18.7 Å². The van der Waals surface area contributed by atoms with Crippen molar-refractivity contribution in [3.8, 4) is 0 Å². The summed E-state index contributed by atoms with van der Waals surface area (Å²) in [7, 11) is -3.94. The Kier molecular flexibility index (Phi) is 9.43. The van der Waals surface area contributed by atoms with Crippen LogP contribution < -0.4 is 9.62 Å². The largest absolute Gasteiger partial charge is 0.463 e. The Morgan fingerprint density at radius 1 is 1.00 bits per heavy atom. The number of hydrogen-bond acceptors (Lipinski definition) is 7. The Morgan fingerprint density at radius 2 is 1.64 bits per heavy atom. The standard InChI is InChI=1S/C22H23ClN2O7S/c1-3-25(16-8-6-5-7-9-16)33(29,30)17-10-11-18(23)19(14-17)24-20(26)15-32-22(28)13-12-21(27)31-4-2/h5-14H,3-4,15H2,1-2H3,(H,24,26). The minimum absolute atomic E-state index is 0.0324. The summed E-state index contributed by atoms with van der Waals surface area (Å²) < 4.78 is 36.9. The number of halogens is 1. The lowest BCUT2D eigenvalue weighted by atomic mass is 10.3. The Balaban J connectivity index is 2.11. The highest BCUT2D eigenvalue weighted by atomic mass is 35.5. The third-order valence-corrected chi connectivity index (χ3v) is 6.35. The third kappa shape index (κ3) is 7.33. The van der Waals surface area contributed by atoms with Crippen LogP contribution in [0.2, 0.25) is 5.02 Å². The molecule has 0 radical (unpaired) electrons. The molecule has 0 spiro atoms. The molecular weight excluding hydrogens is 472 g/mol. The number of nitrogens with one attached hydrogen (secondary N) is 1. The highest BCUT2D eigenvalue weighted by molar-refractivity contribution is 7.92. The molecule has 0 bridgehead atoms. The number of benzene rings is 2. The molecule has 0 atom stereocenters. The molecule has 2 aromatic carbocycles. The zero-order chi connectivity index (χ0) is 24.4. The number of rotatable bonds is 10. The van der Waals surface area contributed by atoms with Crippen LogP contribution >= 0.6 is 11.6 Å². The van der Waals surface area contributed by atoms with E-state index < -0.39 is 34.5 Å². The third-order valence-electron chi connectivity index (χ3n) is 4.12. The summed E-state index contributed by atoms with van der Waals surface area (Å²) in [5.41, 5.74) is 0.522. The highest BCUT2D eigenvalue weighted by Crippen LogP contribution is 2.29. The summed E-state index contributed by atoms with van der Waals surface area (Å²) >= 11 is 6.10. The summed E-state index contributed by atoms with van der Waals surface area (Å²) in [4.78, 5) is 34.8. The number of anilines is 2. The van der Waals surface area contributed by atoms with E-state index in [9.17, 15) is 22.8 Å². The van der Waals surface area contributed by atoms with Crippen LogP contribution in [0, 0.1) is 0 Å². The maximum Gasteiger partial charge on any atom is 0.331 e. The van der Waals surface area contributed by atoms with Gasteiger partial charge in [0.25, 0.3) is 15.9 Å². The number of amides is 1. The second-order valence-electron chi connectivity index (χ2n) is 6.39. The van der Waals surface area contributed by atoms with E-state index in [0.717, 1.165) is 12.2 Å². The van der Waals surface area contributed by atoms with Crippen molar-refractivity contribution in [2.75, 3.05) is 29.4 Å². The summed E-state index contributed by atoms with van der Waals surface area (Å²) in [6.45, 7) is 2.98. The first-order valence-corrected chi connectivity index (χ1v) is 11.7. The number of esters is 2. The average molecular weight is 495 g/mol. The Bertz CT molecular complexity index is 1130. The molecule has 0 fully saturated rings. The molecule has 0 aliphatic rings. The first-order valence-electron chi connectivity index (χ1n) is 9.87. The Labute approximate surface area is 197 Å². The molecule has 1 amide bonds. The number of ether oxygens (including phenoxy) is 2. The lowest BCUT2D eigenvalue weighted by Crippen LogP contribution is -2.30. The number of nitrogens with zero attached hydrogens (tertiary/aromatic N) is 1. The van der Waals surface area contributed by atoms with Crippen molar-refractivity contribution in [3.63, 3.8) is 0 Å². The van der Waals surface area contributed by atoms with Crippen LogP contribution in [0.1, 0.15) is 13.8 Å². The van der Waals surface area contributed by atoms with Gasteiger partial charge in [-0.1, -0.05) is 29.8 Å². The van der Waals surface area contributed by atoms with Gasteiger partial charge in [0.15, 0.2) is 6.61 Å². The molecule has 11 heteroatoms. The fourth-order valence-corrected chi connectivity index (χ4v) is 4.34. The molecular formula is C22H23ClN2O7S. The molecule has 0 aliphatic heterocycles. The van der Waals surface area contributed by atoms with Gasteiger partial charge in [-0.25, -0.2) is 18.0 Å². The van der Waals surface area contributed by atoms with Gasteiger partial charge in [0.2, 0.25) is 0 Å². The summed E-state index contributed by atoms with van der Waals surface area (Å²) in [6.07, 6.45) is 1.70. The maximum atomic E-state index is 13.2. The first-order chi connectivity index (χ1) is 15.7. The van der Waals surface area contributed by atoms with Crippen molar-refractivity contribution in [2.45, 2.75) is 18.7 Å². The van der Waals surface area contributed by atoms with E-state index in [2.05, 4.69) is 10.1 Å². The molecule has 33 heavy (non-hydrogen) atoms. The van der Waals surface area contributed by atoms with Crippen molar-refractivity contribution in [2.24, 2.45) is 0 Å². The SMILES string of the molecule is CCOC(=O)C=CC(=O)OCC(=O)Nc1cc(S(=O)(=O)N(CC)c2ccccc2)ccc1Cl. The van der Waals surface area contributed by atoms with Gasteiger partial charge >= 0.3 is 11.9 Å². The van der Waals surface area contributed by atoms with Crippen LogP contribution in [0.4, 0.5) is 11.4 Å². The summed E-state index contributed by atoms with van der Waals surface area (Å²) in [5.74, 6) is -2.40. The molecule has 0 aromatic heterocycles. The fourth-order valence-electron chi connectivity index (χ4n) is 2.67. The quantitative estimate of drug-likeness (QED) is 0.398. The van der Waals surface area contributed by atoms with Gasteiger partial charge in [-0.2, -0.15) is 0 Å². The van der Waals surface area contributed by atoms with E-state index >= 15 is 0 Å². The van der Waals surface area contributed by atoms with Crippen molar-refractivity contribution >= 4 is 50.8 Å². The van der Waals surface area contributed by atoms with Gasteiger partial charge in [-0.05, 0) is 44.2 Å². The molecule has 0 aliphatic carbocycles. The molecule has 0 saturated carbocycles. The van der Waals surface area contributed by atoms with Crippen LogP contribution in [-0.2, 0) is 33.9 Å². The number of carbonyl (C=O) groups is 3. The highest BCUT2D eigenvalue weighted by Gasteiger charge is 2.24. The van der Waals surface area contributed by atoms with Gasteiger partial charge in [0.1, 0.15) is 0 Å². The molecule has 2 rings (SSSR count). The van der Waals surface area contributed by atoms with Gasteiger partial charge in [-0.15, -0.1) is 0 Å². The van der Waals surface area contributed by atoms with E-state index in [1.54, 1.807) is 44.2 Å². The van der Waals surface area contributed by atoms with Crippen molar-refractivity contribution in [1.29, 1.82) is 0 Å². The summed E-state index contributed by atoms with van der Waals surface area (Å²) in [6, 6.07) is 12.5. The predicted octanol–water partition coefficient (Wildman–Crippen LogP) is 3.16. The second-order valence-corrected chi connectivity index (χ2v) is 8.66. The van der Waals surface area contributed by atoms with Crippen molar-refractivity contribution < 1.29 is 32.3 Å². The zero-order valence-corrected chi connectivity index (χ0v) is 19.6. The van der Waals surface area contributed by atoms with Crippen LogP contribution in [0.15, 0.2) is 65.6 Å². The average Bonchev–Trinajstić information content (AvgIpc) is 2.79. The van der Waals surface area contributed by atoms with E-state index in [1.165, 1.54) is 22.5 Å². The van der Waals surface area contributed by atoms with E-state index in [1.807, 2.05) is 0 Å². The molecule has 2 aromatic rings. The molecule has 176 valence electrons. The van der Waals surface area contributed by atoms with Crippen molar-refractivity contribution in [3.05, 3.63) is 65.7 Å². The predicted molar refractivity (Wildman–Crippen MR) is 123 cm³/mol. The van der Waals surface area contributed by atoms with Crippen molar-refractivity contribution in [1.82, 2.24) is 0 Å². The zero-order valence-electron chi connectivity index (χ0n) is 18.0. The molecule has 0 heterocycles. The van der Waals surface area contributed by atoms with Gasteiger partial charge in [-0.3, -0.25) is 9.10 Å². The lowest BCUT2D eigenvalue weighted by Gasteiger charge is -2.23. The second kappa shape index (κ2) is 12.0. The number of hydrogen-bond donors (Lipinski definition) is 1. The smallest absolute Gasteiger partial charge is 0.331 e. The fraction of sp³-hybridized carbons (Fsp3) is 0.227. The minimum atomic E-state index is -3.94. The van der Waals surface area contributed by atoms with Gasteiger partial charge < -0.3 is 14.8 Å². The Morgan fingerprint density at radius 3 is 2.24 bits per heavy atom. The molecule has 0 saturated heterocycles. The first kappa shape index (κ1) is 25.9. The van der Waals surface area contributed by atoms with E-state index in [0.29, 0.717) is 5.69 Å². The topological polar surface area (TPSA) is 119 Å². The van der Waals surface area contributed by atoms with E-state index in [4.69, 9.17) is 16.3 Å². The van der Waals surface area contributed by atoms with Crippen LogP contribution in [0.3, 0.4) is 0 Å². The van der Waals surface area contributed by atoms with Crippen LogP contribution in [0.25, 0.3) is 0 Å². The number of sulfonamides is 1. The van der Waals surface area contributed by atoms with Crippen LogP contribution in [0.5, 0.6) is 0 Å². The minimum Gasteiger partial charge on any atom is -0.463 e. The number of carbonyl (C=O) groups excluding carboxylic acids is 3. The number of para-hydroxylation sites is 1. The monoisotopic (exact) mass is 494 g/mol. The Hall–Kier alpha value is -3.37. The normalized spacial score (nSPS) is 11.1. The van der Waals surface area contributed by atoms with Gasteiger partial charge in [0.05, 0.1) is 27.9 Å². The molecule has 9 nitrogen and oxygen atoms in total. The van der Waals surface area contributed by atoms with E-state index in [-0.39, 0.29) is 28.8 Å². The summed E-state index contributed by atoms with van der Waals surface area (Å²) in [5, 5.41) is 2.51. The van der Waals surface area contributed by atoms with Crippen LogP contribution in [-0.4, -0.2) is 46.0 Å². The lowest BCUT2D eigenvalue weighted by molar-refractivity contribution is -0.143. The maximum absolute atomic E-state index is 13.2. The molecule has 1 N–H and O–H groups in total. The molecule has 0 unspecified atom stereocenters.